The number of nitrogens with one attached hydrogen (secondary N) is 1. The Labute approximate surface area is 129 Å². The van der Waals surface area contributed by atoms with Crippen LogP contribution in [0.25, 0.3) is 0 Å². The maximum Gasteiger partial charge on any atom is 0.0294 e. The van der Waals surface area contributed by atoms with E-state index >= 15 is 0 Å². The number of rotatable bonds is 4. The zero-order valence-corrected chi connectivity index (χ0v) is 13.8. The van der Waals surface area contributed by atoms with Crippen LogP contribution in [0.3, 0.4) is 0 Å². The first-order valence-electron chi connectivity index (χ1n) is 8.70. The van der Waals surface area contributed by atoms with Crippen LogP contribution in [0.15, 0.2) is 30.3 Å². The molecule has 1 saturated heterocycles. The zero-order valence-electron chi connectivity index (χ0n) is 13.8. The number of nitrogens with zero attached hydrogens (tertiary/aromatic N) is 1. The molecule has 0 amide bonds. The van der Waals surface area contributed by atoms with Crippen LogP contribution in [0.5, 0.6) is 0 Å². The first-order chi connectivity index (χ1) is 10.1. The van der Waals surface area contributed by atoms with Crippen LogP contribution >= 0.6 is 0 Å². The SMILES string of the molecule is CC(C)N1CC2CCCC(C1)C2N[C@@H](C)c1ccccc1. The summed E-state index contributed by atoms with van der Waals surface area (Å²) in [7, 11) is 0. The normalized spacial score (nSPS) is 31.3. The molecule has 1 saturated carbocycles. The molecule has 0 spiro atoms. The smallest absolute Gasteiger partial charge is 0.0294 e. The van der Waals surface area contributed by atoms with Crippen molar-refractivity contribution in [2.24, 2.45) is 11.8 Å². The summed E-state index contributed by atoms with van der Waals surface area (Å²) >= 11 is 0. The Morgan fingerprint density at radius 1 is 1.00 bits per heavy atom. The molecule has 2 bridgehead atoms. The summed E-state index contributed by atoms with van der Waals surface area (Å²) in [5, 5.41) is 3.97. The summed E-state index contributed by atoms with van der Waals surface area (Å²) in [5.41, 5.74) is 1.42. The van der Waals surface area contributed by atoms with Gasteiger partial charge in [-0.15, -0.1) is 0 Å². The summed E-state index contributed by atoms with van der Waals surface area (Å²) in [6.07, 6.45) is 4.23. The van der Waals surface area contributed by atoms with E-state index in [1.165, 1.54) is 37.9 Å². The third-order valence-electron chi connectivity index (χ3n) is 5.58. The molecule has 2 unspecified atom stereocenters. The highest BCUT2D eigenvalue weighted by Crippen LogP contribution is 2.36. The van der Waals surface area contributed by atoms with E-state index in [9.17, 15) is 0 Å². The summed E-state index contributed by atoms with van der Waals surface area (Å²) < 4.78 is 0. The molecule has 0 aromatic heterocycles. The van der Waals surface area contributed by atoms with Gasteiger partial charge in [-0.1, -0.05) is 36.8 Å². The molecule has 3 rings (SSSR count). The average Bonchev–Trinajstić information content (AvgIpc) is 2.47. The second-order valence-electron chi connectivity index (χ2n) is 7.32. The van der Waals surface area contributed by atoms with E-state index in [4.69, 9.17) is 0 Å². The van der Waals surface area contributed by atoms with Crippen LogP contribution in [0, 0.1) is 11.8 Å². The van der Waals surface area contributed by atoms with E-state index in [1.54, 1.807) is 0 Å². The topological polar surface area (TPSA) is 15.3 Å². The fourth-order valence-corrected chi connectivity index (χ4v) is 4.29. The second kappa shape index (κ2) is 6.50. The number of piperidine rings is 1. The molecule has 1 aliphatic heterocycles. The average molecular weight is 286 g/mol. The number of fused-ring (bicyclic) bond motifs is 2. The molecule has 2 aliphatic rings. The van der Waals surface area contributed by atoms with Gasteiger partial charge in [0.2, 0.25) is 0 Å². The van der Waals surface area contributed by atoms with Crippen molar-refractivity contribution >= 4 is 0 Å². The fraction of sp³-hybridized carbons (Fsp3) is 0.684. The van der Waals surface area contributed by atoms with Crippen LogP contribution in [-0.4, -0.2) is 30.1 Å². The molecule has 2 heteroatoms. The number of hydrogen-bond donors (Lipinski definition) is 1. The molecular weight excluding hydrogens is 256 g/mol. The van der Waals surface area contributed by atoms with Crippen LogP contribution < -0.4 is 5.32 Å². The van der Waals surface area contributed by atoms with E-state index < -0.39 is 0 Å². The monoisotopic (exact) mass is 286 g/mol. The minimum Gasteiger partial charge on any atom is -0.307 e. The van der Waals surface area contributed by atoms with Gasteiger partial charge in [-0.25, -0.2) is 0 Å². The maximum atomic E-state index is 3.97. The molecule has 1 N–H and O–H groups in total. The second-order valence-corrected chi connectivity index (χ2v) is 7.32. The molecule has 1 aliphatic carbocycles. The molecule has 1 heterocycles. The minimum atomic E-state index is 0.463. The van der Waals surface area contributed by atoms with E-state index in [1.807, 2.05) is 0 Å². The van der Waals surface area contributed by atoms with Gasteiger partial charge in [0, 0.05) is 31.2 Å². The Morgan fingerprint density at radius 2 is 1.62 bits per heavy atom. The van der Waals surface area contributed by atoms with Crippen molar-refractivity contribution in [3.8, 4) is 0 Å². The fourth-order valence-electron chi connectivity index (χ4n) is 4.29. The quantitative estimate of drug-likeness (QED) is 0.904. The largest absolute Gasteiger partial charge is 0.307 e. The van der Waals surface area contributed by atoms with Crippen molar-refractivity contribution in [1.82, 2.24) is 10.2 Å². The summed E-state index contributed by atoms with van der Waals surface area (Å²) in [6, 6.07) is 12.8. The van der Waals surface area contributed by atoms with E-state index in [0.717, 1.165) is 11.8 Å². The third kappa shape index (κ3) is 3.32. The van der Waals surface area contributed by atoms with Crippen molar-refractivity contribution in [3.63, 3.8) is 0 Å². The molecule has 2 nitrogen and oxygen atoms in total. The van der Waals surface area contributed by atoms with Crippen LogP contribution in [0.4, 0.5) is 0 Å². The van der Waals surface area contributed by atoms with Crippen molar-refractivity contribution in [1.29, 1.82) is 0 Å². The highest BCUT2D eigenvalue weighted by Gasteiger charge is 2.40. The molecule has 1 aromatic rings. The van der Waals surface area contributed by atoms with Gasteiger partial charge in [0.1, 0.15) is 0 Å². The lowest BCUT2D eigenvalue weighted by atomic mass is 9.73. The summed E-state index contributed by atoms with van der Waals surface area (Å²) in [6.45, 7) is 9.58. The Kier molecular flexibility index (Phi) is 4.66. The van der Waals surface area contributed by atoms with Crippen LogP contribution in [-0.2, 0) is 0 Å². The highest BCUT2D eigenvalue weighted by atomic mass is 15.2. The number of benzene rings is 1. The van der Waals surface area contributed by atoms with Crippen LogP contribution in [0.1, 0.15) is 51.6 Å². The van der Waals surface area contributed by atoms with Gasteiger partial charge in [-0.3, -0.25) is 0 Å². The standard InChI is InChI=1S/C19H30N2/c1-14(2)21-12-17-10-7-11-18(13-21)19(17)20-15(3)16-8-5-4-6-9-16/h4-6,8-9,14-15,17-20H,7,10-13H2,1-3H3/t15-,17?,18?,19?/m0/s1. The lowest BCUT2D eigenvalue weighted by Gasteiger charge is -2.50. The Balaban J connectivity index is 1.68. The van der Waals surface area contributed by atoms with Gasteiger partial charge < -0.3 is 10.2 Å². The van der Waals surface area contributed by atoms with E-state index in [-0.39, 0.29) is 0 Å². The van der Waals surface area contributed by atoms with Gasteiger partial charge in [0.25, 0.3) is 0 Å². The minimum absolute atomic E-state index is 0.463. The van der Waals surface area contributed by atoms with E-state index in [2.05, 4.69) is 61.3 Å². The zero-order chi connectivity index (χ0) is 14.8. The van der Waals surface area contributed by atoms with Crippen molar-refractivity contribution in [2.75, 3.05) is 13.1 Å². The summed E-state index contributed by atoms with van der Waals surface area (Å²) in [5.74, 6) is 1.68. The lowest BCUT2D eigenvalue weighted by molar-refractivity contribution is 0.0257. The number of hydrogen-bond acceptors (Lipinski definition) is 2. The van der Waals surface area contributed by atoms with Gasteiger partial charge >= 0.3 is 0 Å². The maximum absolute atomic E-state index is 3.97. The van der Waals surface area contributed by atoms with Gasteiger partial charge in [-0.2, -0.15) is 0 Å². The highest BCUT2D eigenvalue weighted by molar-refractivity contribution is 5.18. The van der Waals surface area contributed by atoms with Crippen LogP contribution in [0.2, 0.25) is 0 Å². The Bertz CT molecular complexity index is 428. The third-order valence-corrected chi connectivity index (χ3v) is 5.58. The molecule has 1 aromatic carbocycles. The Morgan fingerprint density at radius 3 is 2.19 bits per heavy atom. The van der Waals surface area contributed by atoms with Gasteiger partial charge in [0.15, 0.2) is 0 Å². The Hall–Kier alpha value is -0.860. The predicted octanol–water partition coefficient (Wildman–Crippen LogP) is 3.85. The van der Waals surface area contributed by atoms with E-state index in [0.29, 0.717) is 18.1 Å². The van der Waals surface area contributed by atoms with Crippen molar-refractivity contribution in [2.45, 2.75) is 58.2 Å². The number of likely N-dealkylation sites (tertiary alicyclic amines) is 1. The van der Waals surface area contributed by atoms with Crippen molar-refractivity contribution < 1.29 is 0 Å². The predicted molar refractivity (Wildman–Crippen MR) is 89.3 cm³/mol. The first kappa shape index (κ1) is 15.1. The summed E-state index contributed by atoms with van der Waals surface area (Å²) in [4.78, 5) is 2.69. The molecule has 0 radical (unpaired) electrons. The molecule has 116 valence electrons. The molecule has 3 atom stereocenters. The molecule has 21 heavy (non-hydrogen) atoms. The van der Waals surface area contributed by atoms with Gasteiger partial charge in [0.05, 0.1) is 0 Å². The molecule has 2 fully saturated rings. The first-order valence-corrected chi connectivity index (χ1v) is 8.70. The lowest BCUT2D eigenvalue weighted by Crippen LogP contribution is -2.58. The van der Waals surface area contributed by atoms with Gasteiger partial charge in [-0.05, 0) is 51.0 Å². The molecular formula is C19H30N2. The van der Waals surface area contributed by atoms with Crippen molar-refractivity contribution in [3.05, 3.63) is 35.9 Å².